The van der Waals surface area contributed by atoms with Gasteiger partial charge in [0.1, 0.15) is 6.29 Å². The van der Waals surface area contributed by atoms with Crippen LogP contribution in [0.2, 0.25) is 0 Å². The van der Waals surface area contributed by atoms with Gasteiger partial charge in [0.05, 0.1) is 18.0 Å². The van der Waals surface area contributed by atoms with E-state index in [2.05, 4.69) is 37.3 Å². The molecular formula is C34H48O4. The monoisotopic (exact) mass is 520 g/mol. The average molecular weight is 521 g/mol. The molecular weight excluding hydrogens is 472 g/mol. The van der Waals surface area contributed by atoms with Crippen molar-refractivity contribution in [2.24, 2.45) is 47.3 Å². The highest BCUT2D eigenvalue weighted by Crippen LogP contribution is 2.52. The third-order valence-corrected chi connectivity index (χ3v) is 10.5. The van der Waals surface area contributed by atoms with Crippen LogP contribution in [-0.4, -0.2) is 33.8 Å². The van der Waals surface area contributed by atoms with Gasteiger partial charge in [-0.15, -0.1) is 0 Å². The second-order valence-electron chi connectivity index (χ2n) is 12.7. The van der Waals surface area contributed by atoms with Crippen LogP contribution in [0.15, 0.2) is 59.4 Å². The van der Waals surface area contributed by atoms with Crippen LogP contribution in [0.3, 0.4) is 0 Å². The summed E-state index contributed by atoms with van der Waals surface area (Å²) in [5, 5.41) is 32.3. The molecule has 1 saturated carbocycles. The summed E-state index contributed by atoms with van der Waals surface area (Å²) in [5.74, 6) is 2.06. The van der Waals surface area contributed by atoms with E-state index in [1.54, 1.807) is 0 Å². The molecule has 0 radical (unpaired) electrons. The summed E-state index contributed by atoms with van der Waals surface area (Å²) in [6, 6.07) is 0. The maximum atomic E-state index is 13.1. The zero-order chi connectivity index (χ0) is 26.6. The second kappa shape index (κ2) is 12.5. The average Bonchev–Trinajstić information content (AvgIpc) is 2.94. The van der Waals surface area contributed by atoms with E-state index in [1.165, 1.54) is 31.1 Å². The smallest absolute Gasteiger partial charge is 0.124 e. The van der Waals surface area contributed by atoms with Gasteiger partial charge in [-0.1, -0.05) is 54.5 Å². The van der Waals surface area contributed by atoms with Crippen LogP contribution in [-0.2, 0) is 4.79 Å². The molecule has 3 N–H and O–H groups in total. The van der Waals surface area contributed by atoms with Gasteiger partial charge in [0.15, 0.2) is 0 Å². The van der Waals surface area contributed by atoms with Crippen LogP contribution in [0.5, 0.6) is 0 Å². The van der Waals surface area contributed by atoms with Gasteiger partial charge in [-0.3, -0.25) is 0 Å². The fourth-order valence-electron chi connectivity index (χ4n) is 8.72. The van der Waals surface area contributed by atoms with E-state index in [0.29, 0.717) is 30.4 Å². The molecule has 8 unspecified atom stereocenters. The Labute approximate surface area is 229 Å². The third-order valence-electron chi connectivity index (χ3n) is 10.5. The zero-order valence-electron chi connectivity index (χ0n) is 23.1. The first kappa shape index (κ1) is 27.6. The Hall–Kier alpha value is -1.91. The van der Waals surface area contributed by atoms with Gasteiger partial charge in [-0.05, 0) is 112 Å². The van der Waals surface area contributed by atoms with E-state index in [0.717, 1.165) is 50.5 Å². The molecule has 0 aromatic heterocycles. The van der Waals surface area contributed by atoms with Crippen LogP contribution in [0.4, 0.5) is 0 Å². The van der Waals surface area contributed by atoms with Crippen molar-refractivity contribution < 1.29 is 20.1 Å². The largest absolute Gasteiger partial charge is 0.513 e. The SMILES string of the molecule is CC/C=C1/CC(O)C=CC1C(C=O)C(C1=CCC([C@H]2C=CCCC2)CC1)C1C2CCC(O)=CC2CC[C@@H]1O. The van der Waals surface area contributed by atoms with E-state index in [9.17, 15) is 20.1 Å². The molecule has 38 heavy (non-hydrogen) atoms. The summed E-state index contributed by atoms with van der Waals surface area (Å²) < 4.78 is 0. The van der Waals surface area contributed by atoms with Crippen molar-refractivity contribution in [1.82, 2.24) is 0 Å². The Balaban J connectivity index is 1.51. The fraction of sp³-hybridized carbons (Fsp3) is 0.676. The highest BCUT2D eigenvalue weighted by atomic mass is 16.3. The minimum absolute atomic E-state index is 0.00815. The highest BCUT2D eigenvalue weighted by molar-refractivity contribution is 5.58. The Bertz CT molecular complexity index is 986. The van der Waals surface area contributed by atoms with E-state index < -0.39 is 12.2 Å². The topological polar surface area (TPSA) is 77.8 Å². The molecule has 5 rings (SSSR count). The molecule has 208 valence electrons. The third kappa shape index (κ3) is 5.82. The molecule has 0 amide bonds. The van der Waals surface area contributed by atoms with Crippen LogP contribution in [0.25, 0.3) is 0 Å². The van der Waals surface area contributed by atoms with Crippen LogP contribution in [0.1, 0.15) is 84.0 Å². The summed E-state index contributed by atoms with van der Waals surface area (Å²) in [6.45, 7) is 2.11. The Kier molecular flexibility index (Phi) is 9.10. The maximum absolute atomic E-state index is 13.1. The summed E-state index contributed by atoms with van der Waals surface area (Å²) in [7, 11) is 0. The predicted molar refractivity (Wildman–Crippen MR) is 152 cm³/mol. The molecule has 0 spiro atoms. The lowest BCUT2D eigenvalue weighted by molar-refractivity contribution is -0.116. The molecule has 0 heterocycles. The van der Waals surface area contributed by atoms with E-state index >= 15 is 0 Å². The van der Waals surface area contributed by atoms with E-state index in [1.807, 2.05) is 12.2 Å². The number of carbonyl (C=O) groups is 1. The number of hydrogen-bond donors (Lipinski definition) is 3. The molecule has 0 bridgehead atoms. The zero-order valence-corrected chi connectivity index (χ0v) is 23.1. The van der Waals surface area contributed by atoms with Crippen LogP contribution >= 0.6 is 0 Å². The standard InChI is InChI=1S/C34H48O4/c1-2-6-25-19-27(36)14-16-29(25)31(21-35)33(24-11-9-23(10-12-24)22-7-4-3-5-8-22)34-30-17-15-28(37)20-26(30)13-18-32(34)38/h4,6-7,11,14,16,20-23,26-27,29-34,36-38H,2-3,5,8-10,12-13,15,17-19H2,1H3/b25-6-/t22-,23?,26?,27?,29?,30?,31?,32-,33?,34?/m0/s1. The summed E-state index contributed by atoms with van der Waals surface area (Å²) >= 11 is 0. The number of fused-ring (bicyclic) bond motifs is 1. The highest BCUT2D eigenvalue weighted by Gasteiger charge is 2.48. The van der Waals surface area contributed by atoms with Gasteiger partial charge in [0, 0.05) is 18.3 Å². The Morgan fingerprint density at radius 3 is 2.61 bits per heavy atom. The number of aliphatic hydroxyl groups is 3. The van der Waals surface area contributed by atoms with Gasteiger partial charge < -0.3 is 20.1 Å². The fourth-order valence-corrected chi connectivity index (χ4v) is 8.72. The summed E-state index contributed by atoms with van der Waals surface area (Å²) in [4.78, 5) is 13.1. The number of aliphatic hydroxyl groups excluding tert-OH is 3. The first-order valence-electron chi connectivity index (χ1n) is 15.4. The number of carbonyl (C=O) groups excluding carboxylic acids is 1. The Morgan fingerprint density at radius 2 is 1.89 bits per heavy atom. The van der Waals surface area contributed by atoms with E-state index in [4.69, 9.17) is 0 Å². The first-order valence-corrected chi connectivity index (χ1v) is 15.4. The van der Waals surface area contributed by atoms with Crippen LogP contribution in [0, 0.1) is 47.3 Å². The molecule has 4 nitrogen and oxygen atoms in total. The molecule has 10 atom stereocenters. The van der Waals surface area contributed by atoms with Crippen LogP contribution < -0.4 is 0 Å². The molecule has 4 heteroatoms. The Morgan fingerprint density at radius 1 is 1.03 bits per heavy atom. The number of allylic oxidation sites excluding steroid dienone is 8. The number of aldehydes is 1. The normalized spacial score (nSPS) is 40.1. The lowest BCUT2D eigenvalue weighted by atomic mass is 9.56. The lowest BCUT2D eigenvalue weighted by Crippen LogP contribution is -2.47. The minimum atomic E-state index is -0.496. The molecule has 0 aromatic rings. The van der Waals surface area contributed by atoms with Crippen molar-refractivity contribution in [2.45, 2.75) is 96.2 Å². The molecule has 1 fully saturated rings. The lowest BCUT2D eigenvalue weighted by Gasteiger charge is -2.49. The predicted octanol–water partition coefficient (Wildman–Crippen LogP) is 7.01. The van der Waals surface area contributed by atoms with Gasteiger partial charge in [-0.25, -0.2) is 0 Å². The minimum Gasteiger partial charge on any atom is -0.513 e. The number of hydrogen-bond acceptors (Lipinski definition) is 4. The van der Waals surface area contributed by atoms with Gasteiger partial charge >= 0.3 is 0 Å². The van der Waals surface area contributed by atoms with Crippen molar-refractivity contribution >= 4 is 6.29 Å². The molecule has 0 saturated heterocycles. The van der Waals surface area contributed by atoms with Gasteiger partial charge in [0.25, 0.3) is 0 Å². The van der Waals surface area contributed by atoms with E-state index in [-0.39, 0.29) is 35.5 Å². The second-order valence-corrected chi connectivity index (χ2v) is 12.7. The van der Waals surface area contributed by atoms with Gasteiger partial charge in [-0.2, -0.15) is 0 Å². The van der Waals surface area contributed by atoms with Gasteiger partial charge in [0.2, 0.25) is 0 Å². The van der Waals surface area contributed by atoms with Crippen molar-refractivity contribution in [1.29, 1.82) is 0 Å². The molecule has 0 aliphatic heterocycles. The van der Waals surface area contributed by atoms with Crippen molar-refractivity contribution in [3.8, 4) is 0 Å². The quantitative estimate of drug-likeness (QED) is 0.249. The van der Waals surface area contributed by atoms with Crippen molar-refractivity contribution in [3.05, 3.63) is 59.4 Å². The van der Waals surface area contributed by atoms with Crippen molar-refractivity contribution in [2.75, 3.05) is 0 Å². The summed E-state index contributed by atoms with van der Waals surface area (Å²) in [6.07, 6.45) is 27.3. The first-order chi connectivity index (χ1) is 18.5. The number of rotatable bonds is 7. The molecule has 0 aromatic carbocycles. The molecule has 5 aliphatic rings. The maximum Gasteiger partial charge on any atom is 0.124 e. The van der Waals surface area contributed by atoms with Crippen molar-refractivity contribution in [3.63, 3.8) is 0 Å². The summed E-state index contributed by atoms with van der Waals surface area (Å²) in [5.41, 5.74) is 2.53. The molecule has 5 aliphatic carbocycles.